The molecule has 206 valence electrons. The van der Waals surface area contributed by atoms with Crippen molar-refractivity contribution in [3.8, 4) is 5.75 Å². The fourth-order valence-corrected chi connectivity index (χ4v) is 5.73. The quantitative estimate of drug-likeness (QED) is 0.151. The summed E-state index contributed by atoms with van der Waals surface area (Å²) < 4.78 is 34.5. The first kappa shape index (κ1) is 29.4. The van der Waals surface area contributed by atoms with Crippen LogP contribution < -0.4 is 4.74 Å². The zero-order valence-corrected chi connectivity index (χ0v) is 24.2. The van der Waals surface area contributed by atoms with E-state index in [2.05, 4.69) is 53.5 Å². The Morgan fingerprint density at radius 1 is 1.03 bits per heavy atom. The van der Waals surface area contributed by atoms with Gasteiger partial charge >= 0.3 is 0 Å². The van der Waals surface area contributed by atoms with E-state index in [1.807, 2.05) is 36.6 Å². The monoisotopic (exact) mass is 567 g/mol. The number of nitrogens with zero attached hydrogens (tertiary/aromatic N) is 1. The Bertz CT molecular complexity index is 1270. The van der Waals surface area contributed by atoms with Gasteiger partial charge in [0.05, 0.1) is 11.6 Å². The zero-order valence-electron chi connectivity index (χ0n) is 22.6. The van der Waals surface area contributed by atoms with Crippen molar-refractivity contribution >= 4 is 23.4 Å². The van der Waals surface area contributed by atoms with E-state index in [0.29, 0.717) is 18.7 Å². The van der Waals surface area contributed by atoms with Gasteiger partial charge in [0.25, 0.3) is 5.92 Å². The van der Waals surface area contributed by atoms with Crippen LogP contribution in [0.5, 0.6) is 5.75 Å². The molecule has 4 rings (SSSR count). The predicted octanol–water partition coefficient (Wildman–Crippen LogP) is 9.50. The van der Waals surface area contributed by atoms with Crippen LogP contribution >= 0.6 is 23.4 Å². The van der Waals surface area contributed by atoms with E-state index in [1.54, 1.807) is 17.8 Å². The van der Waals surface area contributed by atoms with Gasteiger partial charge in [0, 0.05) is 42.9 Å². The van der Waals surface area contributed by atoms with Gasteiger partial charge in [-0.05, 0) is 60.4 Å². The van der Waals surface area contributed by atoms with E-state index in [0.717, 1.165) is 49.9 Å². The number of rotatable bonds is 13. The van der Waals surface area contributed by atoms with Crippen molar-refractivity contribution in [2.75, 3.05) is 26.0 Å². The van der Waals surface area contributed by atoms with Crippen molar-refractivity contribution in [1.82, 2.24) is 4.90 Å². The first-order valence-corrected chi connectivity index (χ1v) is 15.0. The lowest BCUT2D eigenvalue weighted by Crippen LogP contribution is -2.31. The predicted molar refractivity (Wildman–Crippen MR) is 160 cm³/mol. The summed E-state index contributed by atoms with van der Waals surface area (Å²) in [5.41, 5.74) is 3.12. The Morgan fingerprint density at radius 3 is 2.54 bits per heavy atom. The fraction of sp³-hybridized carbons (Fsp3) is 0.333. The standard InChI is InChI=1S/C33H36ClF2NOS/c1-33(35,36)31-19-9-16-27(32(31)34)23-37(20-11-21-38-28-17-10-18-29(22-28)39-2)24-30(25-12-5-3-6-13-25)26-14-7-4-8-15-26/h3,5-7,9-10,12-19,22,30H,4,8,11,20-21,23-24H2,1-2H3. The van der Waals surface area contributed by atoms with Crippen LogP contribution in [0.1, 0.15) is 48.8 Å². The minimum atomic E-state index is -3.00. The van der Waals surface area contributed by atoms with Gasteiger partial charge in [0.2, 0.25) is 0 Å². The minimum Gasteiger partial charge on any atom is -0.494 e. The highest BCUT2D eigenvalue weighted by Crippen LogP contribution is 2.36. The second kappa shape index (κ2) is 14.2. The number of alkyl halides is 2. The third-order valence-corrected chi connectivity index (χ3v) is 8.11. The van der Waals surface area contributed by atoms with Gasteiger partial charge in [-0.25, -0.2) is 8.78 Å². The summed E-state index contributed by atoms with van der Waals surface area (Å²) in [5.74, 6) is -1.98. The van der Waals surface area contributed by atoms with Crippen LogP contribution in [0.15, 0.2) is 101 Å². The van der Waals surface area contributed by atoms with E-state index in [9.17, 15) is 8.78 Å². The highest BCUT2D eigenvalue weighted by molar-refractivity contribution is 7.98. The lowest BCUT2D eigenvalue weighted by Gasteiger charge is -2.30. The smallest absolute Gasteiger partial charge is 0.271 e. The Morgan fingerprint density at radius 2 is 1.82 bits per heavy atom. The molecule has 3 aromatic rings. The van der Waals surface area contributed by atoms with Crippen LogP contribution in [0, 0.1) is 0 Å². The summed E-state index contributed by atoms with van der Waals surface area (Å²) in [6.07, 6.45) is 11.7. The lowest BCUT2D eigenvalue weighted by molar-refractivity contribution is 0.0174. The number of benzene rings is 3. The molecule has 3 aromatic carbocycles. The molecule has 0 radical (unpaired) electrons. The lowest BCUT2D eigenvalue weighted by atomic mass is 9.87. The van der Waals surface area contributed by atoms with Crippen molar-refractivity contribution in [3.63, 3.8) is 0 Å². The van der Waals surface area contributed by atoms with Gasteiger partial charge in [-0.1, -0.05) is 84.4 Å². The second-order valence-electron chi connectivity index (χ2n) is 9.93. The molecule has 1 unspecified atom stereocenters. The molecule has 0 aliphatic heterocycles. The van der Waals surface area contributed by atoms with Gasteiger partial charge < -0.3 is 4.74 Å². The molecular formula is C33H36ClF2NOS. The van der Waals surface area contributed by atoms with Gasteiger partial charge in [-0.15, -0.1) is 11.8 Å². The number of hydrogen-bond donors (Lipinski definition) is 0. The molecule has 0 saturated carbocycles. The first-order valence-electron chi connectivity index (χ1n) is 13.4. The van der Waals surface area contributed by atoms with E-state index < -0.39 is 5.92 Å². The number of hydrogen-bond acceptors (Lipinski definition) is 3. The zero-order chi connectivity index (χ0) is 27.7. The number of halogens is 3. The molecule has 0 heterocycles. The van der Waals surface area contributed by atoms with Crippen LogP contribution in [-0.4, -0.2) is 30.9 Å². The second-order valence-corrected chi connectivity index (χ2v) is 11.2. The molecule has 0 spiro atoms. The SMILES string of the molecule is CSc1cccc(OCCCN(Cc2cccc(C(C)(F)F)c2Cl)CC(C2=CCCC=C2)c2ccccc2)c1. The summed E-state index contributed by atoms with van der Waals surface area (Å²) in [6.45, 7) is 3.42. The molecule has 1 atom stereocenters. The van der Waals surface area contributed by atoms with Crippen LogP contribution in [0.25, 0.3) is 0 Å². The van der Waals surface area contributed by atoms with Crippen molar-refractivity contribution < 1.29 is 13.5 Å². The summed E-state index contributed by atoms with van der Waals surface area (Å²) >= 11 is 8.24. The summed E-state index contributed by atoms with van der Waals surface area (Å²) in [4.78, 5) is 3.48. The summed E-state index contributed by atoms with van der Waals surface area (Å²) in [5, 5.41) is 0.146. The molecule has 0 saturated heterocycles. The van der Waals surface area contributed by atoms with E-state index in [4.69, 9.17) is 16.3 Å². The molecule has 0 aromatic heterocycles. The molecule has 39 heavy (non-hydrogen) atoms. The molecule has 1 aliphatic carbocycles. The number of thioether (sulfide) groups is 1. The average molecular weight is 568 g/mol. The van der Waals surface area contributed by atoms with Crippen LogP contribution in [0.4, 0.5) is 8.78 Å². The first-order chi connectivity index (χ1) is 18.8. The summed E-state index contributed by atoms with van der Waals surface area (Å²) in [7, 11) is 0. The molecule has 6 heteroatoms. The highest BCUT2D eigenvalue weighted by Gasteiger charge is 2.29. The van der Waals surface area contributed by atoms with Crippen LogP contribution in [0.3, 0.4) is 0 Å². The van der Waals surface area contributed by atoms with Crippen molar-refractivity contribution in [2.45, 2.75) is 49.5 Å². The number of allylic oxidation sites excluding steroid dienone is 3. The molecule has 0 N–H and O–H groups in total. The Labute approximate surface area is 240 Å². The fourth-order valence-electron chi connectivity index (χ4n) is 4.92. The number of ether oxygens (including phenoxy) is 1. The maximum absolute atomic E-state index is 14.2. The van der Waals surface area contributed by atoms with Gasteiger partial charge in [0.15, 0.2) is 0 Å². The van der Waals surface area contributed by atoms with E-state index >= 15 is 0 Å². The maximum Gasteiger partial charge on any atom is 0.271 e. The van der Waals surface area contributed by atoms with E-state index in [-0.39, 0.29) is 16.5 Å². The van der Waals surface area contributed by atoms with Gasteiger partial charge in [-0.3, -0.25) is 4.90 Å². The van der Waals surface area contributed by atoms with Gasteiger partial charge in [0.1, 0.15) is 5.75 Å². The topological polar surface area (TPSA) is 12.5 Å². The Hall–Kier alpha value is -2.60. The Kier molecular flexibility index (Phi) is 10.7. The maximum atomic E-state index is 14.2. The van der Waals surface area contributed by atoms with Crippen molar-refractivity contribution in [2.24, 2.45) is 0 Å². The summed E-state index contributed by atoms with van der Waals surface area (Å²) in [6, 6.07) is 23.5. The molecule has 0 fully saturated rings. The third kappa shape index (κ3) is 8.44. The molecule has 0 amide bonds. The molecular weight excluding hydrogens is 532 g/mol. The van der Waals surface area contributed by atoms with Crippen molar-refractivity contribution in [1.29, 1.82) is 0 Å². The molecule has 0 bridgehead atoms. The highest BCUT2D eigenvalue weighted by atomic mass is 35.5. The minimum absolute atomic E-state index is 0.129. The van der Waals surface area contributed by atoms with E-state index in [1.165, 1.54) is 17.2 Å². The van der Waals surface area contributed by atoms with Crippen molar-refractivity contribution in [3.05, 3.63) is 118 Å². The third-order valence-electron chi connectivity index (χ3n) is 6.94. The van der Waals surface area contributed by atoms with Gasteiger partial charge in [-0.2, -0.15) is 0 Å². The molecule has 2 nitrogen and oxygen atoms in total. The average Bonchev–Trinajstić information content (AvgIpc) is 2.95. The molecule has 1 aliphatic rings. The largest absolute Gasteiger partial charge is 0.494 e. The Balaban J connectivity index is 1.55. The van der Waals surface area contributed by atoms with Crippen LogP contribution in [-0.2, 0) is 12.5 Å². The van der Waals surface area contributed by atoms with Crippen LogP contribution in [0.2, 0.25) is 5.02 Å². The normalized spacial score (nSPS) is 14.4.